The topological polar surface area (TPSA) is 175 Å². The molecule has 0 radical (unpaired) electrons. The van der Waals surface area contributed by atoms with Gasteiger partial charge >= 0.3 is 5.97 Å². The van der Waals surface area contributed by atoms with Gasteiger partial charge in [0.05, 0.1) is 10.6 Å². The zero-order valence-electron chi connectivity index (χ0n) is 21.6. The molecule has 1 amide bonds. The molecule has 3 unspecified atom stereocenters. The van der Waals surface area contributed by atoms with Gasteiger partial charge in [0.25, 0.3) is 5.91 Å². The number of sulfonamides is 1. The molecule has 13 heteroatoms. The molecule has 6 N–H and O–H groups in total. The van der Waals surface area contributed by atoms with E-state index in [1.807, 2.05) is 20.0 Å². The number of unbranched alkanes of at least 4 members (excludes halogenated alkanes) is 1. The van der Waals surface area contributed by atoms with Crippen LogP contribution in [0.15, 0.2) is 23.2 Å². The lowest BCUT2D eigenvalue weighted by atomic mass is 10.0. The Kier molecular flexibility index (Phi) is 9.65. The number of aliphatic carboxylic acids is 1. The smallest absolute Gasteiger partial charge is 0.323 e. The second kappa shape index (κ2) is 12.5. The molecule has 12 nitrogen and oxygen atoms in total. The van der Waals surface area contributed by atoms with Gasteiger partial charge in [-0.25, -0.2) is 13.4 Å². The van der Waals surface area contributed by atoms with E-state index in [2.05, 4.69) is 30.8 Å². The molecule has 204 valence electrons. The summed E-state index contributed by atoms with van der Waals surface area (Å²) >= 11 is 0. The molecule has 2 aromatic rings. The summed E-state index contributed by atoms with van der Waals surface area (Å²) in [5.41, 5.74) is 5.71. The van der Waals surface area contributed by atoms with Gasteiger partial charge in [-0.15, -0.1) is 0 Å². The van der Waals surface area contributed by atoms with Crippen LogP contribution in [0.4, 0.5) is 5.95 Å². The number of anilines is 1. The van der Waals surface area contributed by atoms with Crippen molar-refractivity contribution in [2.45, 2.75) is 76.5 Å². The van der Waals surface area contributed by atoms with E-state index in [1.54, 1.807) is 26.0 Å². The Morgan fingerprint density at radius 2 is 1.89 bits per heavy atom. The summed E-state index contributed by atoms with van der Waals surface area (Å²) in [6.45, 7) is 7.42. The molecular weight excluding hydrogens is 500 g/mol. The van der Waals surface area contributed by atoms with Crippen molar-refractivity contribution < 1.29 is 28.0 Å². The molecule has 1 aliphatic heterocycles. The Morgan fingerprint density at radius 1 is 1.19 bits per heavy atom. The Labute approximate surface area is 217 Å². The first kappa shape index (κ1) is 28.6. The van der Waals surface area contributed by atoms with E-state index in [4.69, 9.17) is 4.84 Å². The highest BCUT2D eigenvalue weighted by Crippen LogP contribution is 2.22. The van der Waals surface area contributed by atoms with Crippen molar-refractivity contribution in [2.24, 2.45) is 0 Å². The molecule has 0 aliphatic carbocycles. The van der Waals surface area contributed by atoms with E-state index in [-0.39, 0.29) is 10.9 Å². The lowest BCUT2D eigenvalue weighted by molar-refractivity contribution is -0.139. The fourth-order valence-electron chi connectivity index (χ4n) is 4.43. The molecule has 0 bridgehead atoms. The van der Waals surface area contributed by atoms with Gasteiger partial charge in [0, 0.05) is 31.7 Å². The number of carboxylic acids is 1. The summed E-state index contributed by atoms with van der Waals surface area (Å²) in [5, 5.41) is 15.3. The first-order valence-corrected chi connectivity index (χ1v) is 13.7. The average molecular weight is 537 g/mol. The van der Waals surface area contributed by atoms with Crippen molar-refractivity contribution in [1.82, 2.24) is 25.5 Å². The summed E-state index contributed by atoms with van der Waals surface area (Å²) in [6.07, 6.45) is 4.09. The van der Waals surface area contributed by atoms with Gasteiger partial charge < -0.3 is 20.7 Å². The minimum atomic E-state index is -4.13. The van der Waals surface area contributed by atoms with Crippen LogP contribution in [0, 0.1) is 27.7 Å². The fourth-order valence-corrected chi connectivity index (χ4v) is 6.07. The number of H-pyrrole nitrogens is 1. The largest absolute Gasteiger partial charge is 0.480 e. The van der Waals surface area contributed by atoms with Crippen LogP contribution in [-0.4, -0.2) is 66.6 Å². The van der Waals surface area contributed by atoms with Crippen LogP contribution in [0.1, 0.15) is 48.1 Å². The Balaban J connectivity index is 1.44. The van der Waals surface area contributed by atoms with Crippen molar-refractivity contribution in [2.75, 3.05) is 18.4 Å². The monoisotopic (exact) mass is 536 g/mol. The van der Waals surface area contributed by atoms with Crippen LogP contribution in [0.2, 0.25) is 0 Å². The maximum Gasteiger partial charge on any atom is 0.323 e. The lowest BCUT2D eigenvalue weighted by Crippen LogP contribution is -2.50. The number of imidazole rings is 1. The van der Waals surface area contributed by atoms with Gasteiger partial charge in [0.1, 0.15) is 6.04 Å². The summed E-state index contributed by atoms with van der Waals surface area (Å²) in [7, 11) is -4.13. The third-order valence-corrected chi connectivity index (χ3v) is 7.87. The first-order chi connectivity index (χ1) is 17.5. The number of benzene rings is 1. The molecular formula is C24H36N6O6S. The number of hydroxylamine groups is 1. The molecule has 1 fully saturated rings. The van der Waals surface area contributed by atoms with Crippen LogP contribution < -0.4 is 20.8 Å². The second-order valence-corrected chi connectivity index (χ2v) is 11.1. The number of aromatic nitrogens is 2. The van der Waals surface area contributed by atoms with Crippen LogP contribution in [0.5, 0.6) is 0 Å². The van der Waals surface area contributed by atoms with Crippen LogP contribution >= 0.6 is 0 Å². The minimum absolute atomic E-state index is 0.0112. The van der Waals surface area contributed by atoms with Crippen molar-refractivity contribution in [3.63, 3.8) is 0 Å². The van der Waals surface area contributed by atoms with Gasteiger partial charge in [0.2, 0.25) is 10.0 Å². The van der Waals surface area contributed by atoms with Crippen LogP contribution in [0.3, 0.4) is 0 Å². The van der Waals surface area contributed by atoms with E-state index in [1.165, 1.54) is 0 Å². The third kappa shape index (κ3) is 7.99. The molecule has 1 aromatic carbocycles. The number of hydrogen-bond donors (Lipinski definition) is 6. The van der Waals surface area contributed by atoms with Crippen molar-refractivity contribution in [3.05, 3.63) is 40.7 Å². The van der Waals surface area contributed by atoms with Crippen LogP contribution in [0.25, 0.3) is 0 Å². The second-order valence-electron chi connectivity index (χ2n) is 9.46. The summed E-state index contributed by atoms with van der Waals surface area (Å²) in [6, 6.07) is 1.89. The normalized spacial score (nSPS) is 18.5. The van der Waals surface area contributed by atoms with Gasteiger partial charge in [-0.05, 0) is 51.7 Å². The average Bonchev–Trinajstić information content (AvgIpc) is 3.44. The molecule has 0 saturated carbocycles. The number of aryl methyl sites for hydroxylation is 4. The zero-order chi connectivity index (χ0) is 27.2. The maximum absolute atomic E-state index is 12.9. The summed E-state index contributed by atoms with van der Waals surface area (Å²) in [4.78, 5) is 37.1. The minimum Gasteiger partial charge on any atom is -0.480 e. The Hall–Kier alpha value is -3.00. The molecule has 1 saturated heterocycles. The Morgan fingerprint density at radius 3 is 2.51 bits per heavy atom. The highest BCUT2D eigenvalue weighted by molar-refractivity contribution is 7.89. The molecule has 3 atom stereocenters. The Bertz CT molecular complexity index is 1190. The van der Waals surface area contributed by atoms with Crippen molar-refractivity contribution in [3.8, 4) is 0 Å². The predicted molar refractivity (Wildman–Crippen MR) is 137 cm³/mol. The van der Waals surface area contributed by atoms with Gasteiger partial charge in [-0.3, -0.25) is 14.4 Å². The van der Waals surface area contributed by atoms with E-state index >= 15 is 0 Å². The summed E-state index contributed by atoms with van der Waals surface area (Å²) in [5.74, 6) is -1.16. The molecule has 1 aromatic heterocycles. The van der Waals surface area contributed by atoms with Gasteiger partial charge in [0.15, 0.2) is 12.1 Å². The number of rotatable bonds is 13. The van der Waals surface area contributed by atoms with E-state index < -0.39 is 40.6 Å². The zero-order valence-corrected chi connectivity index (χ0v) is 22.4. The van der Waals surface area contributed by atoms with E-state index in [9.17, 15) is 23.1 Å². The predicted octanol–water partition coefficient (Wildman–Crippen LogP) is 1.44. The van der Waals surface area contributed by atoms with E-state index in [0.29, 0.717) is 17.5 Å². The van der Waals surface area contributed by atoms with E-state index in [0.717, 1.165) is 43.0 Å². The third-order valence-electron chi connectivity index (χ3n) is 6.10. The molecule has 2 heterocycles. The number of nitrogens with zero attached hydrogens (tertiary/aromatic N) is 1. The number of hydrogen-bond acceptors (Lipinski definition) is 8. The molecule has 37 heavy (non-hydrogen) atoms. The van der Waals surface area contributed by atoms with Crippen molar-refractivity contribution in [1.29, 1.82) is 0 Å². The number of carboxylic acid groups (broad SMARTS) is 1. The number of carbonyl (C=O) groups excluding carboxylic acids is 1. The van der Waals surface area contributed by atoms with Crippen molar-refractivity contribution >= 4 is 27.8 Å². The van der Waals surface area contributed by atoms with Gasteiger partial charge in [-0.2, -0.15) is 10.2 Å². The highest BCUT2D eigenvalue weighted by atomic mass is 32.2. The lowest BCUT2D eigenvalue weighted by Gasteiger charge is -2.19. The quantitative estimate of drug-likeness (QED) is 0.207. The summed E-state index contributed by atoms with van der Waals surface area (Å²) < 4.78 is 28.1. The molecule has 0 spiro atoms. The first-order valence-electron chi connectivity index (χ1n) is 12.2. The molecule has 1 aliphatic rings. The number of nitrogens with one attached hydrogen (secondary N) is 5. The number of aromatic amines is 1. The number of carbonyl (C=O) groups is 2. The standard InChI is InChI=1S/C24H36N6O6S/c1-14-9-15(2)21(16(3)10-14)37(34,35)30-19(23(32)33)13-26-22(31)20-11-18(29-36-20)7-5-6-8-25-24-27-12-17(4)28-24/h9-10,12,18-20,29-30H,5-8,11,13H2,1-4H3,(H,26,31)(H,32,33)(H2,25,27,28). The van der Waals surface area contributed by atoms with Crippen LogP contribution in [-0.2, 0) is 24.4 Å². The highest BCUT2D eigenvalue weighted by Gasteiger charge is 2.33. The SMILES string of the molecule is Cc1cc(C)c(S(=O)(=O)NC(CNC(=O)C2CC(CCCCNc3nc(C)c[nH]3)NO2)C(=O)O)c(C)c1. The fraction of sp³-hybridized carbons (Fsp3) is 0.542. The number of amides is 1. The maximum atomic E-state index is 12.9. The van der Waals surface area contributed by atoms with Gasteiger partial charge in [-0.1, -0.05) is 24.1 Å². The molecule has 3 rings (SSSR count).